The van der Waals surface area contributed by atoms with E-state index in [0.717, 1.165) is 38.7 Å². The molecule has 20 heavy (non-hydrogen) atoms. The maximum absolute atomic E-state index is 11.6. The lowest BCUT2D eigenvalue weighted by Crippen LogP contribution is -2.49. The van der Waals surface area contributed by atoms with Crippen LogP contribution in [0.1, 0.15) is 32.1 Å². The highest BCUT2D eigenvalue weighted by molar-refractivity contribution is 7.99. The molecule has 3 aliphatic heterocycles. The minimum atomic E-state index is -2.83. The zero-order valence-corrected chi connectivity index (χ0v) is 13.6. The molecule has 6 heteroatoms. The Kier molecular flexibility index (Phi) is 4.37. The van der Waals surface area contributed by atoms with Gasteiger partial charge in [0.2, 0.25) is 0 Å². The number of ether oxygens (including phenoxy) is 1. The number of nitrogens with two attached hydrogens (primary N) is 1. The second kappa shape index (κ2) is 5.78. The Hall–Kier alpha value is 0.220. The quantitative estimate of drug-likeness (QED) is 0.834. The maximum atomic E-state index is 11.6. The Bertz CT molecular complexity index is 440. The van der Waals surface area contributed by atoms with Crippen LogP contribution in [-0.2, 0) is 14.6 Å². The van der Waals surface area contributed by atoms with Crippen molar-refractivity contribution in [2.75, 3.05) is 29.6 Å². The van der Waals surface area contributed by atoms with Crippen LogP contribution >= 0.6 is 11.8 Å². The molecule has 0 aromatic rings. The second-order valence-corrected chi connectivity index (χ2v) is 10.1. The summed E-state index contributed by atoms with van der Waals surface area (Å²) in [5.41, 5.74) is 6.48. The average molecular weight is 319 g/mol. The van der Waals surface area contributed by atoms with Gasteiger partial charge in [0.05, 0.1) is 17.1 Å². The van der Waals surface area contributed by atoms with Gasteiger partial charge in [-0.2, -0.15) is 11.8 Å². The van der Waals surface area contributed by atoms with Gasteiger partial charge in [0.25, 0.3) is 0 Å². The van der Waals surface area contributed by atoms with E-state index in [2.05, 4.69) is 0 Å². The molecule has 3 rings (SSSR count). The van der Waals surface area contributed by atoms with Crippen molar-refractivity contribution in [3.05, 3.63) is 0 Å². The summed E-state index contributed by atoms with van der Waals surface area (Å²) in [6.45, 7) is 0.794. The minimum absolute atomic E-state index is 0.0302. The van der Waals surface area contributed by atoms with Crippen LogP contribution in [0.25, 0.3) is 0 Å². The summed E-state index contributed by atoms with van der Waals surface area (Å²) >= 11 is 2.01. The lowest BCUT2D eigenvalue weighted by atomic mass is 9.75. The van der Waals surface area contributed by atoms with Crippen LogP contribution in [0.3, 0.4) is 0 Å². The first-order chi connectivity index (χ1) is 9.50. The SMILES string of the molecule is NC(C1CCOC2(CCSCC2)C1)C1CCS(=O)(=O)C1. The topological polar surface area (TPSA) is 69.4 Å². The summed E-state index contributed by atoms with van der Waals surface area (Å²) in [6, 6.07) is 0.0302. The van der Waals surface area contributed by atoms with Gasteiger partial charge in [0, 0.05) is 12.6 Å². The molecule has 3 aliphatic rings. The maximum Gasteiger partial charge on any atom is 0.150 e. The van der Waals surface area contributed by atoms with Crippen LogP contribution in [0.5, 0.6) is 0 Å². The lowest BCUT2D eigenvalue weighted by molar-refractivity contribution is -0.107. The van der Waals surface area contributed by atoms with E-state index in [0.29, 0.717) is 17.4 Å². The Balaban J connectivity index is 1.64. The van der Waals surface area contributed by atoms with E-state index in [1.165, 1.54) is 11.5 Å². The van der Waals surface area contributed by atoms with Crippen molar-refractivity contribution in [2.24, 2.45) is 17.6 Å². The summed E-state index contributed by atoms with van der Waals surface area (Å²) < 4.78 is 29.4. The molecule has 0 amide bonds. The van der Waals surface area contributed by atoms with Crippen LogP contribution < -0.4 is 5.73 Å². The van der Waals surface area contributed by atoms with Crippen molar-refractivity contribution in [1.29, 1.82) is 0 Å². The molecule has 0 bridgehead atoms. The fourth-order valence-electron chi connectivity index (χ4n) is 4.00. The third-order valence-corrected chi connectivity index (χ3v) is 8.07. The van der Waals surface area contributed by atoms with E-state index < -0.39 is 9.84 Å². The fourth-order valence-corrected chi connectivity index (χ4v) is 7.10. The first-order valence-corrected chi connectivity index (χ1v) is 10.7. The first kappa shape index (κ1) is 15.1. The molecule has 0 radical (unpaired) electrons. The number of hydrogen-bond donors (Lipinski definition) is 1. The van der Waals surface area contributed by atoms with Crippen molar-refractivity contribution in [3.8, 4) is 0 Å². The highest BCUT2D eigenvalue weighted by Gasteiger charge is 2.43. The van der Waals surface area contributed by atoms with Crippen molar-refractivity contribution in [3.63, 3.8) is 0 Å². The molecule has 4 nitrogen and oxygen atoms in total. The molecule has 3 unspecified atom stereocenters. The molecular weight excluding hydrogens is 294 g/mol. The molecule has 116 valence electrons. The van der Waals surface area contributed by atoms with Crippen molar-refractivity contribution >= 4 is 21.6 Å². The Labute approximate surface area is 126 Å². The summed E-state index contributed by atoms with van der Waals surface area (Å²) in [7, 11) is -2.83. The van der Waals surface area contributed by atoms with Crippen LogP contribution in [-0.4, -0.2) is 49.7 Å². The van der Waals surface area contributed by atoms with Crippen molar-refractivity contribution in [1.82, 2.24) is 0 Å². The van der Waals surface area contributed by atoms with Gasteiger partial charge in [-0.1, -0.05) is 0 Å². The highest BCUT2D eigenvalue weighted by Crippen LogP contribution is 2.42. The van der Waals surface area contributed by atoms with Gasteiger partial charge in [0.1, 0.15) is 0 Å². The first-order valence-electron chi connectivity index (χ1n) is 7.67. The summed E-state index contributed by atoms with van der Waals surface area (Å²) in [4.78, 5) is 0. The van der Waals surface area contributed by atoms with E-state index in [1.807, 2.05) is 11.8 Å². The van der Waals surface area contributed by atoms with Gasteiger partial charge >= 0.3 is 0 Å². The smallest absolute Gasteiger partial charge is 0.150 e. The molecule has 2 N–H and O–H groups in total. The van der Waals surface area contributed by atoms with E-state index in [9.17, 15) is 8.42 Å². The minimum Gasteiger partial charge on any atom is -0.375 e. The van der Waals surface area contributed by atoms with Crippen LogP contribution in [0.2, 0.25) is 0 Å². The standard InChI is InChI=1S/C14H25NO3S2/c15-13(12-2-8-20(16,17)10-12)11-1-5-18-14(9-11)3-6-19-7-4-14/h11-13H,1-10,15H2. The normalized spacial score (nSPS) is 37.9. The molecule has 0 aliphatic carbocycles. The van der Waals surface area contributed by atoms with Gasteiger partial charge < -0.3 is 10.5 Å². The van der Waals surface area contributed by atoms with E-state index >= 15 is 0 Å². The number of thioether (sulfide) groups is 1. The summed E-state index contributed by atoms with van der Waals surface area (Å²) in [5, 5.41) is 0. The largest absolute Gasteiger partial charge is 0.375 e. The molecule has 3 atom stereocenters. The average Bonchev–Trinajstić information content (AvgIpc) is 2.79. The molecule has 0 aromatic heterocycles. The van der Waals surface area contributed by atoms with Gasteiger partial charge in [-0.05, 0) is 55.4 Å². The second-order valence-electron chi connectivity index (χ2n) is 6.64. The van der Waals surface area contributed by atoms with Crippen molar-refractivity contribution in [2.45, 2.75) is 43.7 Å². The fraction of sp³-hybridized carbons (Fsp3) is 1.00. The van der Waals surface area contributed by atoms with Crippen molar-refractivity contribution < 1.29 is 13.2 Å². The molecule has 0 aromatic carbocycles. The van der Waals surface area contributed by atoms with Crippen LogP contribution in [0, 0.1) is 11.8 Å². The van der Waals surface area contributed by atoms with E-state index in [-0.39, 0.29) is 17.6 Å². The molecule has 3 heterocycles. The molecule has 0 saturated carbocycles. The number of sulfone groups is 1. The third-order valence-electron chi connectivity index (χ3n) is 5.29. The predicted octanol–water partition coefficient (Wildman–Crippen LogP) is 1.44. The Morgan fingerprint density at radius 2 is 1.95 bits per heavy atom. The van der Waals surface area contributed by atoms with Crippen LogP contribution in [0.4, 0.5) is 0 Å². The Morgan fingerprint density at radius 1 is 1.20 bits per heavy atom. The predicted molar refractivity (Wildman–Crippen MR) is 82.7 cm³/mol. The zero-order valence-electron chi connectivity index (χ0n) is 11.9. The highest BCUT2D eigenvalue weighted by atomic mass is 32.2. The van der Waals surface area contributed by atoms with Gasteiger partial charge in [0.15, 0.2) is 9.84 Å². The number of hydrogen-bond acceptors (Lipinski definition) is 5. The van der Waals surface area contributed by atoms with Gasteiger partial charge in [-0.15, -0.1) is 0 Å². The number of rotatable bonds is 2. The summed E-state index contributed by atoms with van der Waals surface area (Å²) in [5.74, 6) is 3.59. The van der Waals surface area contributed by atoms with Crippen LogP contribution in [0.15, 0.2) is 0 Å². The summed E-state index contributed by atoms with van der Waals surface area (Å²) in [6.07, 6.45) is 5.04. The molecular formula is C14H25NO3S2. The zero-order chi connectivity index (χ0) is 14.2. The molecule has 1 spiro atoms. The molecule has 3 fully saturated rings. The molecule has 3 saturated heterocycles. The van der Waals surface area contributed by atoms with Gasteiger partial charge in [-0.25, -0.2) is 8.42 Å². The monoisotopic (exact) mass is 319 g/mol. The van der Waals surface area contributed by atoms with Gasteiger partial charge in [-0.3, -0.25) is 0 Å². The lowest BCUT2D eigenvalue weighted by Gasteiger charge is -2.45. The van der Waals surface area contributed by atoms with E-state index in [4.69, 9.17) is 10.5 Å². The van der Waals surface area contributed by atoms with E-state index in [1.54, 1.807) is 0 Å². The third kappa shape index (κ3) is 3.18. The Morgan fingerprint density at radius 3 is 2.60 bits per heavy atom.